The number of benzene rings is 3. The van der Waals surface area contributed by atoms with E-state index in [1.54, 1.807) is 22.9 Å². The average Bonchev–Trinajstić information content (AvgIpc) is 3.34. The van der Waals surface area contributed by atoms with E-state index in [0.29, 0.717) is 5.82 Å². The maximum atomic E-state index is 13.9. The molecule has 7 nitrogen and oxygen atoms in total. The van der Waals surface area contributed by atoms with Crippen molar-refractivity contribution in [3.63, 3.8) is 0 Å². The molecule has 8 heteroatoms. The van der Waals surface area contributed by atoms with Crippen molar-refractivity contribution in [2.24, 2.45) is 0 Å². The van der Waals surface area contributed by atoms with Crippen molar-refractivity contribution in [3.8, 4) is 16.9 Å². The van der Waals surface area contributed by atoms with Crippen LogP contribution in [-0.4, -0.2) is 38.9 Å². The van der Waals surface area contributed by atoms with Gasteiger partial charge < -0.3 is 5.32 Å². The van der Waals surface area contributed by atoms with Crippen molar-refractivity contribution < 1.29 is 9.59 Å². The molecule has 1 atom stereocenters. The van der Waals surface area contributed by atoms with Crippen LogP contribution in [0.2, 0.25) is 0 Å². The van der Waals surface area contributed by atoms with Gasteiger partial charge in [-0.1, -0.05) is 78.9 Å². The third-order valence-electron chi connectivity index (χ3n) is 7.45. The van der Waals surface area contributed by atoms with E-state index in [-0.39, 0.29) is 35.9 Å². The highest BCUT2D eigenvalue weighted by atomic mass is 32.2. The lowest BCUT2D eigenvalue weighted by Crippen LogP contribution is -2.42. The Morgan fingerprint density at radius 1 is 0.905 bits per heavy atom. The molecule has 42 heavy (non-hydrogen) atoms. The molecule has 2 amide bonds. The van der Waals surface area contributed by atoms with Gasteiger partial charge in [-0.2, -0.15) is 5.10 Å². The molecule has 1 N–H and O–H groups in total. The van der Waals surface area contributed by atoms with Gasteiger partial charge in [0.2, 0.25) is 11.8 Å². The van der Waals surface area contributed by atoms with Gasteiger partial charge in [0, 0.05) is 17.3 Å². The molecule has 5 aromatic rings. The number of hydrogen-bond acceptors (Lipinski definition) is 5. The molecule has 3 heterocycles. The molecule has 1 aliphatic heterocycles. The second-order valence-electron chi connectivity index (χ2n) is 10.3. The summed E-state index contributed by atoms with van der Waals surface area (Å²) in [5.41, 5.74) is 7.55. The summed E-state index contributed by atoms with van der Waals surface area (Å²) in [5.74, 6) is 0.445. The first-order valence-electron chi connectivity index (χ1n) is 13.9. The molecule has 0 fully saturated rings. The van der Waals surface area contributed by atoms with E-state index < -0.39 is 0 Å². The number of pyridine rings is 1. The highest BCUT2D eigenvalue weighted by Crippen LogP contribution is 2.49. The Hall–Kier alpha value is -4.69. The van der Waals surface area contributed by atoms with Gasteiger partial charge in [0.25, 0.3) is 0 Å². The fourth-order valence-electron chi connectivity index (χ4n) is 5.32. The molecule has 2 aromatic heterocycles. The van der Waals surface area contributed by atoms with Crippen LogP contribution in [0, 0.1) is 13.8 Å². The second kappa shape index (κ2) is 12.0. The van der Waals surface area contributed by atoms with Crippen molar-refractivity contribution >= 4 is 29.4 Å². The van der Waals surface area contributed by atoms with Crippen molar-refractivity contribution in [3.05, 3.63) is 131 Å². The molecular formula is C34H31N5O2S. The summed E-state index contributed by atoms with van der Waals surface area (Å²) < 4.78 is 1.86. The van der Waals surface area contributed by atoms with E-state index in [9.17, 15) is 9.59 Å². The molecule has 1 aliphatic rings. The van der Waals surface area contributed by atoms with Crippen molar-refractivity contribution in [1.82, 2.24) is 20.1 Å². The van der Waals surface area contributed by atoms with Crippen LogP contribution < -0.4 is 10.2 Å². The summed E-state index contributed by atoms with van der Waals surface area (Å²) in [4.78, 5) is 33.2. The molecule has 0 spiro atoms. The monoisotopic (exact) mass is 573 g/mol. The van der Waals surface area contributed by atoms with Crippen LogP contribution in [-0.2, 0) is 16.1 Å². The predicted octanol–water partition coefficient (Wildman–Crippen LogP) is 6.04. The number of nitrogens with zero attached hydrogens (tertiary/aromatic N) is 4. The van der Waals surface area contributed by atoms with Gasteiger partial charge in [0.05, 0.1) is 34.6 Å². The number of anilines is 1. The van der Waals surface area contributed by atoms with Gasteiger partial charge in [0.15, 0.2) is 0 Å². The number of aryl methyl sites for hydroxylation is 2. The highest BCUT2D eigenvalue weighted by Gasteiger charge is 2.38. The van der Waals surface area contributed by atoms with Crippen molar-refractivity contribution in [1.29, 1.82) is 0 Å². The minimum atomic E-state index is -0.266. The molecular weight excluding hydrogens is 542 g/mol. The maximum Gasteiger partial charge on any atom is 0.240 e. The summed E-state index contributed by atoms with van der Waals surface area (Å²) in [6.07, 6.45) is 1.70. The number of rotatable bonds is 7. The van der Waals surface area contributed by atoms with Crippen LogP contribution >= 0.6 is 11.8 Å². The molecule has 0 aliphatic carbocycles. The quantitative estimate of drug-likeness (QED) is 0.257. The zero-order valence-corrected chi connectivity index (χ0v) is 24.3. The third kappa shape index (κ3) is 5.45. The number of fused-ring (bicyclic) bond motifs is 1. The van der Waals surface area contributed by atoms with Crippen molar-refractivity contribution in [2.75, 3.05) is 17.2 Å². The SMILES string of the molecule is Cc1ccccc1C1SCC(=O)N(CC(=O)NCc2ccccn2)c2c1c(-c1ccccc1)nn2-c1ccccc1C. The molecule has 1 unspecified atom stereocenters. The normalized spacial score (nSPS) is 14.8. The molecule has 210 valence electrons. The summed E-state index contributed by atoms with van der Waals surface area (Å²) in [6.45, 7) is 4.27. The minimum absolute atomic E-state index is 0.133. The number of aromatic nitrogens is 3. The van der Waals surface area contributed by atoms with Crippen LogP contribution in [0.4, 0.5) is 5.82 Å². The Balaban J connectivity index is 1.54. The Bertz CT molecular complexity index is 1740. The van der Waals surface area contributed by atoms with Crippen LogP contribution in [0.1, 0.15) is 33.2 Å². The summed E-state index contributed by atoms with van der Waals surface area (Å²) in [7, 11) is 0. The van der Waals surface area contributed by atoms with Crippen LogP contribution in [0.25, 0.3) is 16.9 Å². The number of thioether (sulfide) groups is 1. The van der Waals surface area contributed by atoms with Gasteiger partial charge in [-0.05, 0) is 48.7 Å². The van der Waals surface area contributed by atoms with E-state index >= 15 is 0 Å². The number of para-hydroxylation sites is 1. The number of carbonyl (C=O) groups is 2. The first-order chi connectivity index (χ1) is 20.5. The molecule has 3 aromatic carbocycles. The lowest BCUT2D eigenvalue weighted by Gasteiger charge is -2.24. The molecule has 0 saturated heterocycles. The summed E-state index contributed by atoms with van der Waals surface area (Å²) in [6, 6.07) is 31.9. The minimum Gasteiger partial charge on any atom is -0.349 e. The van der Waals surface area contributed by atoms with E-state index in [4.69, 9.17) is 5.10 Å². The first-order valence-corrected chi connectivity index (χ1v) is 14.9. The van der Waals surface area contributed by atoms with E-state index in [1.165, 1.54) is 0 Å². The molecule has 0 saturated carbocycles. The van der Waals surface area contributed by atoms with E-state index in [2.05, 4.69) is 29.4 Å². The Morgan fingerprint density at radius 3 is 2.36 bits per heavy atom. The lowest BCUT2D eigenvalue weighted by atomic mass is 9.96. The van der Waals surface area contributed by atoms with Crippen LogP contribution in [0.3, 0.4) is 0 Å². The smallest absolute Gasteiger partial charge is 0.240 e. The van der Waals surface area contributed by atoms with Gasteiger partial charge in [-0.3, -0.25) is 19.5 Å². The standard InChI is InChI=1S/C34H31N5O2S/c1-23-12-6-8-17-27(23)33-31-32(25-14-4-3-5-15-25)37-39(28-18-9-7-13-24(28)2)34(31)38(30(41)22-42-33)21-29(40)36-20-26-16-10-11-19-35-26/h3-19,33H,20-22H2,1-2H3,(H,36,40). The van der Waals surface area contributed by atoms with Gasteiger partial charge in [-0.25, -0.2) is 4.68 Å². The topological polar surface area (TPSA) is 80.1 Å². The first kappa shape index (κ1) is 27.5. The summed E-state index contributed by atoms with van der Waals surface area (Å²) >= 11 is 1.58. The largest absolute Gasteiger partial charge is 0.349 e. The Morgan fingerprint density at radius 2 is 1.62 bits per heavy atom. The van der Waals surface area contributed by atoms with Crippen molar-refractivity contribution in [2.45, 2.75) is 25.6 Å². The number of amides is 2. The highest BCUT2D eigenvalue weighted by molar-refractivity contribution is 8.00. The molecule has 0 bridgehead atoms. The molecule has 0 radical (unpaired) electrons. The Labute approximate surface area is 249 Å². The average molecular weight is 574 g/mol. The zero-order chi connectivity index (χ0) is 29.1. The summed E-state index contributed by atoms with van der Waals surface area (Å²) in [5, 5.41) is 7.97. The van der Waals surface area contributed by atoms with Gasteiger partial charge >= 0.3 is 0 Å². The van der Waals surface area contributed by atoms with Crippen LogP contribution in [0.5, 0.6) is 0 Å². The second-order valence-corrected chi connectivity index (χ2v) is 11.4. The number of hydrogen-bond donors (Lipinski definition) is 1. The predicted molar refractivity (Wildman–Crippen MR) is 168 cm³/mol. The lowest BCUT2D eigenvalue weighted by molar-refractivity contribution is -0.123. The van der Waals surface area contributed by atoms with E-state index in [0.717, 1.165) is 44.9 Å². The zero-order valence-electron chi connectivity index (χ0n) is 23.5. The fourth-order valence-corrected chi connectivity index (χ4v) is 6.61. The fraction of sp³-hybridized carbons (Fsp3) is 0.176. The Kier molecular flexibility index (Phi) is 7.88. The third-order valence-corrected chi connectivity index (χ3v) is 8.68. The van der Waals surface area contributed by atoms with E-state index in [1.807, 2.05) is 96.5 Å². The van der Waals surface area contributed by atoms with Gasteiger partial charge in [-0.15, -0.1) is 11.8 Å². The number of carbonyl (C=O) groups excluding carboxylic acids is 2. The molecule has 6 rings (SSSR count). The number of nitrogens with one attached hydrogen (secondary N) is 1. The van der Waals surface area contributed by atoms with Gasteiger partial charge in [0.1, 0.15) is 12.4 Å². The van der Waals surface area contributed by atoms with Crippen LogP contribution in [0.15, 0.2) is 103 Å². The maximum absolute atomic E-state index is 13.9.